The van der Waals surface area contributed by atoms with Crippen molar-refractivity contribution < 1.29 is 28.8 Å². The molecule has 1 saturated heterocycles. The molecule has 3 atom stereocenters. The van der Waals surface area contributed by atoms with Crippen LogP contribution in [0.25, 0.3) is 0 Å². The first-order chi connectivity index (χ1) is 8.49. The van der Waals surface area contributed by atoms with Crippen molar-refractivity contribution in [3.8, 4) is 0 Å². The predicted molar refractivity (Wildman–Crippen MR) is 71.0 cm³/mol. The summed E-state index contributed by atoms with van der Waals surface area (Å²) in [4.78, 5) is 11.3. The Labute approximate surface area is 119 Å². The van der Waals surface area contributed by atoms with Gasteiger partial charge in [-0.1, -0.05) is 6.58 Å². The second-order valence-electron chi connectivity index (χ2n) is 3.76. The summed E-state index contributed by atoms with van der Waals surface area (Å²) < 4.78 is 20.9. The van der Waals surface area contributed by atoms with Gasteiger partial charge in [0.15, 0.2) is 12.6 Å². The van der Waals surface area contributed by atoms with Crippen molar-refractivity contribution in [3.05, 3.63) is 10.2 Å². The molecule has 0 radical (unpaired) electrons. The van der Waals surface area contributed by atoms with Gasteiger partial charge in [-0.15, -0.1) is 0 Å². The van der Waals surface area contributed by atoms with E-state index >= 15 is 0 Å². The number of carbonyl (C=O) groups is 1. The zero-order valence-electron chi connectivity index (χ0n) is 10.1. The van der Waals surface area contributed by atoms with Crippen LogP contribution >= 0.6 is 22.6 Å². The molecule has 1 heterocycles. The smallest absolute Gasteiger partial charge is 0.308 e. The Morgan fingerprint density at radius 3 is 2.94 bits per heavy atom. The average Bonchev–Trinajstić information content (AvgIpc) is 2.72. The second-order valence-corrected chi connectivity index (χ2v) is 5.15. The Balaban J connectivity index is 2.05. The summed E-state index contributed by atoms with van der Waals surface area (Å²) in [6, 6.07) is 0. The predicted octanol–water partition coefficient (Wildman–Crippen LogP) is 0.965. The minimum Gasteiger partial charge on any atom is -0.463 e. The lowest BCUT2D eigenvalue weighted by Crippen LogP contribution is -2.22. The molecule has 0 aromatic rings. The summed E-state index contributed by atoms with van der Waals surface area (Å²) in [6.07, 6.45) is -1.43. The quantitative estimate of drug-likeness (QED) is 0.408. The van der Waals surface area contributed by atoms with E-state index in [1.165, 1.54) is 0 Å². The highest BCUT2D eigenvalue weighted by atomic mass is 127. The molecule has 6 nitrogen and oxygen atoms in total. The van der Waals surface area contributed by atoms with E-state index in [4.69, 9.17) is 18.9 Å². The zero-order chi connectivity index (χ0) is 13.5. The third-order valence-electron chi connectivity index (χ3n) is 2.18. The van der Waals surface area contributed by atoms with Gasteiger partial charge in [0.05, 0.1) is 19.6 Å². The van der Waals surface area contributed by atoms with E-state index in [2.05, 4.69) is 6.58 Å². The number of esters is 1. The molecule has 0 saturated carbocycles. The fourth-order valence-electron chi connectivity index (χ4n) is 1.28. The van der Waals surface area contributed by atoms with Crippen LogP contribution in [-0.4, -0.2) is 49.6 Å². The first-order valence-electron chi connectivity index (χ1n) is 5.55. The largest absolute Gasteiger partial charge is 0.463 e. The van der Waals surface area contributed by atoms with E-state index in [0.29, 0.717) is 10.2 Å². The highest BCUT2D eigenvalue weighted by Crippen LogP contribution is 2.11. The summed E-state index contributed by atoms with van der Waals surface area (Å²) in [7, 11) is 0. The number of aliphatic hydroxyl groups excluding tert-OH is 1. The van der Waals surface area contributed by atoms with Crippen LogP contribution in [0.4, 0.5) is 0 Å². The van der Waals surface area contributed by atoms with E-state index < -0.39 is 12.3 Å². The lowest BCUT2D eigenvalue weighted by atomic mass is 10.4. The number of halogens is 1. The Morgan fingerprint density at radius 2 is 2.39 bits per heavy atom. The molecule has 3 unspecified atom stereocenters. The molecule has 7 heteroatoms. The van der Waals surface area contributed by atoms with E-state index in [1.54, 1.807) is 6.92 Å². The fraction of sp³-hybridized carbons (Fsp3) is 0.727. The first-order valence-corrected chi connectivity index (χ1v) is 6.63. The molecule has 1 aliphatic heterocycles. The van der Waals surface area contributed by atoms with Gasteiger partial charge in [-0.25, -0.2) is 0 Å². The van der Waals surface area contributed by atoms with Crippen molar-refractivity contribution in [1.82, 2.24) is 0 Å². The van der Waals surface area contributed by atoms with Crippen molar-refractivity contribution in [2.45, 2.75) is 32.0 Å². The minimum absolute atomic E-state index is 0.0735. The maximum Gasteiger partial charge on any atom is 0.308 e. The lowest BCUT2D eigenvalue weighted by molar-refractivity contribution is -0.150. The van der Waals surface area contributed by atoms with Crippen LogP contribution in [0.2, 0.25) is 0 Å². The number of ether oxygens (including phenoxy) is 4. The molecule has 0 amide bonds. The second kappa shape index (κ2) is 8.05. The van der Waals surface area contributed by atoms with Crippen LogP contribution in [0.5, 0.6) is 0 Å². The molecule has 0 aliphatic carbocycles. The molecule has 0 aromatic carbocycles. The Kier molecular flexibility index (Phi) is 7.08. The molecule has 0 bridgehead atoms. The Bertz CT molecular complexity index is 295. The lowest BCUT2D eigenvalue weighted by Gasteiger charge is -2.11. The highest BCUT2D eigenvalue weighted by molar-refractivity contribution is 14.1. The van der Waals surface area contributed by atoms with Crippen molar-refractivity contribution in [3.63, 3.8) is 0 Å². The minimum atomic E-state index is -1.05. The van der Waals surface area contributed by atoms with Crippen molar-refractivity contribution >= 4 is 28.6 Å². The monoisotopic (exact) mass is 372 g/mol. The van der Waals surface area contributed by atoms with Crippen molar-refractivity contribution in [2.24, 2.45) is 0 Å². The number of hydrogen-bond acceptors (Lipinski definition) is 6. The van der Waals surface area contributed by atoms with Crippen LogP contribution < -0.4 is 0 Å². The third-order valence-corrected chi connectivity index (χ3v) is 2.71. The van der Waals surface area contributed by atoms with Crippen LogP contribution in [0.3, 0.4) is 0 Å². The topological polar surface area (TPSA) is 74.2 Å². The molecule has 1 aliphatic rings. The number of rotatable bonds is 7. The number of carbonyl (C=O) groups excluding carboxylic acids is 1. The van der Waals surface area contributed by atoms with Gasteiger partial charge >= 0.3 is 5.97 Å². The standard InChI is InChI=1S/C11H17IO6/c1-7(12)11(14)15-4-3-10(13)17-6-9-5-16-8(2)18-9/h8-9,11,14H,1,3-6H2,2H3. The number of aliphatic hydroxyl groups is 1. The molecule has 18 heavy (non-hydrogen) atoms. The molecule has 0 spiro atoms. The molecule has 1 fully saturated rings. The van der Waals surface area contributed by atoms with Crippen LogP contribution in [-0.2, 0) is 23.7 Å². The molecule has 1 rings (SSSR count). The van der Waals surface area contributed by atoms with E-state index in [-0.39, 0.29) is 32.0 Å². The molecular weight excluding hydrogens is 355 g/mol. The molecule has 104 valence electrons. The van der Waals surface area contributed by atoms with E-state index in [1.807, 2.05) is 22.6 Å². The Morgan fingerprint density at radius 1 is 1.67 bits per heavy atom. The molecule has 0 aromatic heterocycles. The summed E-state index contributed by atoms with van der Waals surface area (Å²) in [5.74, 6) is -0.399. The van der Waals surface area contributed by atoms with Crippen LogP contribution in [0.1, 0.15) is 13.3 Å². The van der Waals surface area contributed by atoms with Gasteiger partial charge in [0.25, 0.3) is 0 Å². The van der Waals surface area contributed by atoms with Crippen LogP contribution in [0.15, 0.2) is 10.2 Å². The summed E-state index contributed by atoms with van der Waals surface area (Å²) in [5.41, 5.74) is 0. The van der Waals surface area contributed by atoms with Gasteiger partial charge in [-0.2, -0.15) is 0 Å². The summed E-state index contributed by atoms with van der Waals surface area (Å²) in [5, 5.41) is 9.25. The normalized spacial score (nSPS) is 24.8. The van der Waals surface area contributed by atoms with Gasteiger partial charge in [0, 0.05) is 3.58 Å². The van der Waals surface area contributed by atoms with E-state index in [9.17, 15) is 9.90 Å². The van der Waals surface area contributed by atoms with Gasteiger partial charge < -0.3 is 24.1 Å². The zero-order valence-corrected chi connectivity index (χ0v) is 12.3. The third kappa shape index (κ3) is 6.10. The SMILES string of the molecule is C=C(I)C(O)OCCC(=O)OCC1COC(C)O1. The molecule has 1 N–H and O–H groups in total. The van der Waals surface area contributed by atoms with Gasteiger partial charge in [-0.05, 0) is 29.5 Å². The van der Waals surface area contributed by atoms with Gasteiger partial charge in [0.1, 0.15) is 12.7 Å². The fourth-order valence-corrected chi connectivity index (χ4v) is 1.46. The Hall–Kier alpha value is -0.220. The van der Waals surface area contributed by atoms with Crippen molar-refractivity contribution in [2.75, 3.05) is 19.8 Å². The van der Waals surface area contributed by atoms with Crippen LogP contribution in [0, 0.1) is 0 Å². The van der Waals surface area contributed by atoms with E-state index in [0.717, 1.165) is 0 Å². The average molecular weight is 372 g/mol. The van der Waals surface area contributed by atoms with Crippen molar-refractivity contribution in [1.29, 1.82) is 0 Å². The summed E-state index contributed by atoms with van der Waals surface area (Å²) in [6.45, 7) is 5.98. The maximum absolute atomic E-state index is 11.3. The molecular formula is C11H17IO6. The first kappa shape index (κ1) is 15.8. The maximum atomic E-state index is 11.3. The highest BCUT2D eigenvalue weighted by Gasteiger charge is 2.23. The van der Waals surface area contributed by atoms with Gasteiger partial charge in [-0.3, -0.25) is 4.79 Å². The number of hydrogen-bond donors (Lipinski definition) is 1. The summed E-state index contributed by atoms with van der Waals surface area (Å²) >= 11 is 1.85. The van der Waals surface area contributed by atoms with Gasteiger partial charge in [0.2, 0.25) is 0 Å².